The number of fused-ring (bicyclic) bond motifs is 1. The monoisotopic (exact) mass is 549 g/mol. The largest absolute Gasteiger partial charge is 0.487 e. The Morgan fingerprint density at radius 2 is 2.04 bits per heavy atom. The van der Waals surface area contributed by atoms with Crippen molar-refractivity contribution in [2.45, 2.75) is 32.0 Å². The summed E-state index contributed by atoms with van der Waals surface area (Å²) in [6.45, 7) is 2.48. The highest BCUT2D eigenvalue weighted by molar-refractivity contribution is 14.1. The maximum atomic E-state index is 11.7. The summed E-state index contributed by atoms with van der Waals surface area (Å²) >= 11 is 4.48. The van der Waals surface area contributed by atoms with Crippen LogP contribution in [-0.4, -0.2) is 17.1 Å². The molecule has 0 saturated carbocycles. The maximum Gasteiger partial charge on any atom is 0.325 e. The van der Waals surface area contributed by atoms with Crippen molar-refractivity contribution in [3.05, 3.63) is 60.2 Å². The highest BCUT2D eigenvalue weighted by Crippen LogP contribution is 2.39. The Labute approximate surface area is 168 Å². The fraction of sp³-hybridized carbons (Fsp3) is 0.278. The van der Waals surface area contributed by atoms with Gasteiger partial charge < -0.3 is 9.84 Å². The summed E-state index contributed by atoms with van der Waals surface area (Å²) < 4.78 is 7.94. The molecule has 6 heteroatoms. The lowest BCUT2D eigenvalue weighted by Gasteiger charge is -2.31. The number of benzene rings is 2. The van der Waals surface area contributed by atoms with Crippen molar-refractivity contribution < 1.29 is 14.6 Å². The Bertz CT molecular complexity index is 765. The summed E-state index contributed by atoms with van der Waals surface area (Å²) in [7, 11) is 0. The first-order valence-corrected chi connectivity index (χ1v) is 9.79. The average Bonchev–Trinajstić information content (AvgIpc) is 2.54. The topological polar surface area (TPSA) is 58.6 Å². The lowest BCUT2D eigenvalue weighted by Crippen LogP contribution is -2.41. The first-order chi connectivity index (χ1) is 11.5. The molecule has 1 heterocycles. The molecule has 1 aliphatic rings. The first kappa shape index (κ1) is 17.9. The van der Waals surface area contributed by atoms with Gasteiger partial charge in [-0.2, -0.15) is 0 Å². The van der Waals surface area contributed by atoms with Crippen molar-refractivity contribution in [1.82, 2.24) is 5.32 Å². The van der Waals surface area contributed by atoms with Crippen LogP contribution in [0.5, 0.6) is 5.75 Å². The second kappa shape index (κ2) is 7.57. The van der Waals surface area contributed by atoms with Crippen LogP contribution in [0.3, 0.4) is 0 Å². The van der Waals surface area contributed by atoms with E-state index in [2.05, 4.69) is 56.6 Å². The predicted molar refractivity (Wildman–Crippen MR) is 109 cm³/mol. The van der Waals surface area contributed by atoms with Crippen molar-refractivity contribution in [2.75, 3.05) is 0 Å². The molecule has 4 nitrogen and oxygen atoms in total. The molecule has 0 amide bonds. The molecule has 24 heavy (non-hydrogen) atoms. The SMILES string of the molecule is C[C@H]1Cc2cc(I)c(OCc3ccccc3)c(I)c2C(C(=O)O)N1. The quantitative estimate of drug-likeness (QED) is 0.564. The number of nitrogens with one attached hydrogen (secondary N) is 1. The average molecular weight is 549 g/mol. The number of ether oxygens (including phenoxy) is 1. The van der Waals surface area contributed by atoms with Gasteiger partial charge in [0.15, 0.2) is 0 Å². The van der Waals surface area contributed by atoms with E-state index in [-0.39, 0.29) is 6.04 Å². The fourth-order valence-corrected chi connectivity index (χ4v) is 5.38. The van der Waals surface area contributed by atoms with E-state index in [1.165, 1.54) is 0 Å². The van der Waals surface area contributed by atoms with Crippen LogP contribution in [0, 0.1) is 7.14 Å². The van der Waals surface area contributed by atoms with Crippen LogP contribution in [-0.2, 0) is 17.8 Å². The minimum Gasteiger partial charge on any atom is -0.487 e. The van der Waals surface area contributed by atoms with E-state index < -0.39 is 12.0 Å². The Hall–Kier alpha value is -0.870. The van der Waals surface area contributed by atoms with Crippen LogP contribution in [0.1, 0.15) is 29.7 Å². The van der Waals surface area contributed by atoms with Gasteiger partial charge in [-0.1, -0.05) is 30.3 Å². The highest BCUT2D eigenvalue weighted by atomic mass is 127. The van der Waals surface area contributed by atoms with Crippen LogP contribution in [0.25, 0.3) is 0 Å². The summed E-state index contributed by atoms with van der Waals surface area (Å²) in [6, 6.07) is 11.5. The number of aliphatic carboxylic acids is 1. The molecule has 0 aromatic heterocycles. The van der Waals surface area contributed by atoms with Gasteiger partial charge >= 0.3 is 5.97 Å². The third-order valence-corrected chi connectivity index (χ3v) is 5.91. The molecule has 0 saturated heterocycles. The van der Waals surface area contributed by atoms with Crippen molar-refractivity contribution in [1.29, 1.82) is 0 Å². The molecule has 0 radical (unpaired) electrons. The van der Waals surface area contributed by atoms with Gasteiger partial charge in [0.05, 0.1) is 7.14 Å². The molecular formula is C18H17I2NO3. The standard InChI is InChI=1S/C18H17I2NO3/c1-10-7-12-8-13(19)17(24-9-11-5-3-2-4-6-11)15(20)14(12)16(21-10)18(22)23/h2-6,8,10,16,21H,7,9H2,1H3,(H,22,23)/t10-,16?/m0/s1. The number of carboxylic acid groups (broad SMARTS) is 1. The third-order valence-electron chi connectivity index (χ3n) is 4.04. The fourth-order valence-electron chi connectivity index (χ4n) is 2.96. The second-order valence-corrected chi connectivity index (χ2v) is 8.13. The van der Waals surface area contributed by atoms with E-state index in [4.69, 9.17) is 4.74 Å². The van der Waals surface area contributed by atoms with Crippen molar-refractivity contribution in [3.63, 3.8) is 0 Å². The zero-order valence-corrected chi connectivity index (χ0v) is 17.4. The van der Waals surface area contributed by atoms with Crippen LogP contribution in [0.2, 0.25) is 0 Å². The molecule has 0 spiro atoms. The van der Waals surface area contributed by atoms with E-state index >= 15 is 0 Å². The lowest BCUT2D eigenvalue weighted by molar-refractivity contribution is -0.140. The number of hydrogen-bond acceptors (Lipinski definition) is 3. The van der Waals surface area contributed by atoms with E-state index in [0.717, 1.165) is 36.0 Å². The van der Waals surface area contributed by atoms with Crippen molar-refractivity contribution in [3.8, 4) is 5.75 Å². The molecule has 2 N–H and O–H groups in total. The molecule has 1 unspecified atom stereocenters. The van der Waals surface area contributed by atoms with Gasteiger partial charge in [-0.25, -0.2) is 0 Å². The van der Waals surface area contributed by atoms with Crippen LogP contribution >= 0.6 is 45.2 Å². The van der Waals surface area contributed by atoms with Gasteiger partial charge in [0, 0.05) is 11.6 Å². The molecule has 126 valence electrons. The maximum absolute atomic E-state index is 11.7. The molecule has 2 aromatic carbocycles. The second-order valence-electron chi connectivity index (χ2n) is 5.89. The summed E-state index contributed by atoms with van der Waals surface area (Å²) in [5.41, 5.74) is 3.02. The van der Waals surface area contributed by atoms with Gasteiger partial charge in [-0.05, 0) is 75.7 Å². The lowest BCUT2D eigenvalue weighted by atomic mass is 9.90. The van der Waals surface area contributed by atoms with E-state index in [1.54, 1.807) is 0 Å². The number of carbonyl (C=O) groups is 1. The molecule has 0 bridgehead atoms. The van der Waals surface area contributed by atoms with Gasteiger partial charge in [0.25, 0.3) is 0 Å². The van der Waals surface area contributed by atoms with Gasteiger partial charge in [0.1, 0.15) is 18.4 Å². The van der Waals surface area contributed by atoms with E-state index in [1.807, 2.05) is 37.3 Å². The Balaban J connectivity index is 1.96. The van der Waals surface area contributed by atoms with Gasteiger partial charge in [-0.3, -0.25) is 10.1 Å². The summed E-state index contributed by atoms with van der Waals surface area (Å²) in [5, 5.41) is 12.8. The smallest absolute Gasteiger partial charge is 0.325 e. The zero-order valence-electron chi connectivity index (χ0n) is 13.1. The minimum atomic E-state index is -0.851. The number of carboxylic acids is 1. The Morgan fingerprint density at radius 1 is 1.33 bits per heavy atom. The first-order valence-electron chi connectivity index (χ1n) is 7.63. The molecular weight excluding hydrogens is 532 g/mol. The van der Waals surface area contributed by atoms with E-state index in [0.29, 0.717) is 6.61 Å². The van der Waals surface area contributed by atoms with E-state index in [9.17, 15) is 9.90 Å². The Kier molecular flexibility index (Phi) is 5.66. The minimum absolute atomic E-state index is 0.140. The third kappa shape index (κ3) is 3.70. The molecule has 0 aliphatic carbocycles. The number of hydrogen-bond donors (Lipinski definition) is 2. The normalized spacial score (nSPS) is 19.6. The molecule has 0 fully saturated rings. The molecule has 3 rings (SSSR count). The summed E-state index contributed by atoms with van der Waals surface area (Å²) in [4.78, 5) is 11.7. The van der Waals surface area contributed by atoms with Crippen molar-refractivity contribution in [2.24, 2.45) is 0 Å². The Morgan fingerprint density at radius 3 is 2.71 bits per heavy atom. The predicted octanol–water partition coefficient (Wildman–Crippen LogP) is 4.13. The molecule has 1 aliphatic heterocycles. The molecule has 2 atom stereocenters. The molecule has 2 aromatic rings. The highest BCUT2D eigenvalue weighted by Gasteiger charge is 2.33. The zero-order chi connectivity index (χ0) is 17.3. The van der Waals surface area contributed by atoms with Crippen molar-refractivity contribution >= 4 is 51.2 Å². The van der Waals surface area contributed by atoms with Gasteiger partial charge in [0.2, 0.25) is 0 Å². The van der Waals surface area contributed by atoms with Crippen LogP contribution < -0.4 is 10.1 Å². The van der Waals surface area contributed by atoms with Crippen LogP contribution in [0.15, 0.2) is 36.4 Å². The number of rotatable bonds is 4. The summed E-state index contributed by atoms with van der Waals surface area (Å²) in [5.74, 6) is -0.0858. The van der Waals surface area contributed by atoms with Crippen LogP contribution in [0.4, 0.5) is 0 Å². The van der Waals surface area contributed by atoms with Gasteiger partial charge in [-0.15, -0.1) is 0 Å². The number of halogens is 2. The summed E-state index contributed by atoms with van der Waals surface area (Å²) in [6.07, 6.45) is 0.823.